The zero-order valence-corrected chi connectivity index (χ0v) is 56.8. The van der Waals surface area contributed by atoms with Gasteiger partial charge in [-0.25, -0.2) is 9.13 Å². The number of carbonyl (C=O) groups is 3. The number of carbonyl (C=O) groups excluding carboxylic acids is 3. The molecule has 5 atom stereocenters. The van der Waals surface area contributed by atoms with Gasteiger partial charge in [0.25, 0.3) is 0 Å². The van der Waals surface area contributed by atoms with E-state index < -0.39 is 91.5 Å². The fourth-order valence-electron chi connectivity index (χ4n) is 8.52. The number of phosphoric ester groups is 2. The molecule has 4 N–H and O–H groups in total. The van der Waals surface area contributed by atoms with Gasteiger partial charge in [0.2, 0.25) is 0 Å². The van der Waals surface area contributed by atoms with Crippen LogP contribution in [-0.2, 0) is 55.8 Å². The Balaban J connectivity index is 4.63. The zero-order chi connectivity index (χ0) is 65.3. The monoisotopic (exact) mass is 1290 g/mol. The number of hydrogen-bond donors (Lipinski definition) is 4. The van der Waals surface area contributed by atoms with Gasteiger partial charge in [-0.05, 0) is 103 Å². The lowest BCUT2D eigenvalue weighted by Crippen LogP contribution is -2.30. The minimum Gasteiger partial charge on any atom is -0.463 e. The van der Waals surface area contributed by atoms with Gasteiger partial charge in [0.1, 0.15) is 25.4 Å². The van der Waals surface area contributed by atoms with Crippen LogP contribution in [0.3, 0.4) is 0 Å². The Morgan fingerprint density at radius 1 is 0.326 bits per heavy atom. The summed E-state index contributed by atoms with van der Waals surface area (Å²) >= 11 is 0. The van der Waals surface area contributed by atoms with Crippen molar-refractivity contribution in [2.75, 3.05) is 39.6 Å². The summed E-state index contributed by atoms with van der Waals surface area (Å²) in [6.45, 7) is 2.40. The molecule has 0 aliphatic heterocycles. The van der Waals surface area contributed by atoms with Gasteiger partial charge < -0.3 is 34.2 Å². The summed E-state index contributed by atoms with van der Waals surface area (Å²) in [6, 6.07) is 0. The highest BCUT2D eigenvalue weighted by Crippen LogP contribution is 2.45. The van der Waals surface area contributed by atoms with Gasteiger partial charge in [-0.2, -0.15) is 0 Å². The zero-order valence-electron chi connectivity index (χ0n) is 55.1. The van der Waals surface area contributed by atoms with Crippen molar-refractivity contribution >= 4 is 33.6 Å². The number of phosphoric acid groups is 2. The number of aliphatic hydroxyl groups excluding tert-OH is 2. The lowest BCUT2D eigenvalue weighted by Gasteiger charge is -2.21. The predicted molar refractivity (Wildman–Crippen MR) is 362 cm³/mol. The highest BCUT2D eigenvalue weighted by Gasteiger charge is 2.29. The molecule has 0 saturated heterocycles. The van der Waals surface area contributed by atoms with Crippen LogP contribution >= 0.6 is 15.6 Å². The Morgan fingerprint density at radius 3 is 1.03 bits per heavy atom. The number of hydrogen-bond acceptors (Lipinski definition) is 14. The van der Waals surface area contributed by atoms with Gasteiger partial charge in [0.05, 0.1) is 26.4 Å². The second-order valence-electron chi connectivity index (χ2n) is 22.2. The maximum Gasteiger partial charge on any atom is 0.472 e. The molecule has 16 nitrogen and oxygen atoms in total. The molecule has 0 radical (unpaired) electrons. The summed E-state index contributed by atoms with van der Waals surface area (Å²) in [7, 11) is -9.80. The Morgan fingerprint density at radius 2 is 0.618 bits per heavy atom. The van der Waals surface area contributed by atoms with Crippen molar-refractivity contribution in [2.45, 2.75) is 270 Å². The summed E-state index contributed by atoms with van der Waals surface area (Å²) < 4.78 is 60.7. The standard InChI is InChI=1S/C71H120O16P2/c1-4-7-10-13-16-19-22-24-26-28-30-31-32-33-35-37-38-40-43-45-48-51-54-57-69(74)81-60-66(72)61-83-88(77,78)84-62-67(73)63-85-89(79,80)86-65-68(87-71(76)59-56-53-50-47-42-21-18-15-12-9-6-3)64-82-70(75)58-55-52-49-46-44-41-39-36-34-29-27-25-23-20-17-14-11-8-5-2/h8,11,16-17,19-20,24-27,30-31,33-36,41,44,49,52,66-68,72-73H,4-7,9-10,12-15,18,21-23,28-29,32,37-40,42-43,45-48,50-51,53-65H2,1-3H3,(H,77,78)(H,79,80)/b11-8-,19-16-,20-17-,26-24-,27-25-,31-30-,35-33-,36-34-,44-41-,52-49-. The molecule has 0 amide bonds. The van der Waals surface area contributed by atoms with E-state index in [0.29, 0.717) is 25.7 Å². The van der Waals surface area contributed by atoms with E-state index in [-0.39, 0.29) is 19.3 Å². The molecule has 0 aromatic heterocycles. The van der Waals surface area contributed by atoms with Crippen molar-refractivity contribution < 1.29 is 75.8 Å². The first-order valence-electron chi connectivity index (χ1n) is 33.8. The average Bonchev–Trinajstić information content (AvgIpc) is 3.53. The first-order chi connectivity index (χ1) is 43.2. The molecule has 0 fully saturated rings. The third kappa shape index (κ3) is 65.3. The minimum atomic E-state index is -4.94. The summed E-state index contributed by atoms with van der Waals surface area (Å²) in [5, 5.41) is 20.5. The molecular formula is C71H120O16P2. The second-order valence-corrected chi connectivity index (χ2v) is 25.2. The molecule has 510 valence electrons. The molecule has 0 rings (SSSR count). The smallest absolute Gasteiger partial charge is 0.463 e. The Bertz CT molecular complexity index is 2110. The highest BCUT2D eigenvalue weighted by atomic mass is 31.2. The van der Waals surface area contributed by atoms with Gasteiger partial charge in [0, 0.05) is 19.3 Å². The molecule has 0 aromatic carbocycles. The number of aliphatic hydroxyl groups is 2. The van der Waals surface area contributed by atoms with Gasteiger partial charge in [-0.15, -0.1) is 0 Å². The topological polar surface area (TPSA) is 231 Å². The van der Waals surface area contributed by atoms with E-state index in [9.17, 15) is 43.5 Å². The number of rotatable bonds is 63. The van der Waals surface area contributed by atoms with E-state index in [1.165, 1.54) is 64.2 Å². The van der Waals surface area contributed by atoms with E-state index >= 15 is 0 Å². The average molecular weight is 1290 g/mol. The minimum absolute atomic E-state index is 0.0438. The van der Waals surface area contributed by atoms with Crippen molar-refractivity contribution in [1.29, 1.82) is 0 Å². The van der Waals surface area contributed by atoms with E-state index in [1.807, 2.05) is 18.2 Å². The van der Waals surface area contributed by atoms with Crippen LogP contribution in [0.4, 0.5) is 0 Å². The summed E-state index contributed by atoms with van der Waals surface area (Å²) in [6.07, 6.45) is 72.8. The molecule has 0 spiro atoms. The lowest BCUT2D eigenvalue weighted by atomic mass is 10.1. The fourth-order valence-corrected chi connectivity index (χ4v) is 10.1. The van der Waals surface area contributed by atoms with Crippen molar-refractivity contribution in [3.05, 3.63) is 122 Å². The van der Waals surface area contributed by atoms with Gasteiger partial charge in [0.15, 0.2) is 6.10 Å². The van der Waals surface area contributed by atoms with Gasteiger partial charge >= 0.3 is 33.6 Å². The van der Waals surface area contributed by atoms with Crippen LogP contribution in [0, 0.1) is 0 Å². The van der Waals surface area contributed by atoms with E-state index in [0.717, 1.165) is 122 Å². The van der Waals surface area contributed by atoms with Gasteiger partial charge in [-0.1, -0.05) is 251 Å². The van der Waals surface area contributed by atoms with Crippen molar-refractivity contribution in [3.63, 3.8) is 0 Å². The molecule has 0 bridgehead atoms. The Kier molecular flexibility index (Phi) is 61.2. The summed E-state index contributed by atoms with van der Waals surface area (Å²) in [5.74, 6) is -1.69. The first-order valence-corrected chi connectivity index (χ1v) is 36.8. The molecule has 0 aliphatic carbocycles. The molecule has 0 aliphatic rings. The van der Waals surface area contributed by atoms with Crippen LogP contribution in [0.1, 0.15) is 252 Å². The molecule has 5 unspecified atom stereocenters. The quantitative estimate of drug-likeness (QED) is 0.0146. The number of allylic oxidation sites excluding steroid dienone is 20. The van der Waals surface area contributed by atoms with E-state index in [2.05, 4.69) is 124 Å². The number of esters is 3. The summed E-state index contributed by atoms with van der Waals surface area (Å²) in [4.78, 5) is 58.2. The second kappa shape index (κ2) is 64.1. The third-order valence-corrected chi connectivity index (χ3v) is 15.6. The van der Waals surface area contributed by atoms with Crippen LogP contribution in [0.2, 0.25) is 0 Å². The van der Waals surface area contributed by atoms with Gasteiger partial charge in [-0.3, -0.25) is 32.5 Å². The van der Waals surface area contributed by atoms with Crippen molar-refractivity contribution in [3.8, 4) is 0 Å². The number of ether oxygens (including phenoxy) is 3. The maximum absolute atomic E-state index is 12.9. The normalized spacial score (nSPS) is 15.0. The number of unbranched alkanes of at least 4 members (excludes halogenated alkanes) is 20. The van der Waals surface area contributed by atoms with Crippen LogP contribution < -0.4 is 0 Å². The fraction of sp³-hybridized carbons (Fsp3) is 0.676. The third-order valence-electron chi connectivity index (χ3n) is 13.7. The first kappa shape index (κ1) is 85.0. The van der Waals surface area contributed by atoms with Crippen LogP contribution in [0.25, 0.3) is 0 Å². The van der Waals surface area contributed by atoms with Crippen molar-refractivity contribution in [2.24, 2.45) is 0 Å². The van der Waals surface area contributed by atoms with Crippen molar-refractivity contribution in [1.82, 2.24) is 0 Å². The molecule has 0 aromatic rings. The predicted octanol–water partition coefficient (Wildman–Crippen LogP) is 18.6. The lowest BCUT2D eigenvalue weighted by molar-refractivity contribution is -0.161. The largest absolute Gasteiger partial charge is 0.472 e. The molecule has 0 saturated carbocycles. The van der Waals surface area contributed by atoms with E-state index in [1.54, 1.807) is 0 Å². The van der Waals surface area contributed by atoms with Crippen LogP contribution in [0.5, 0.6) is 0 Å². The SMILES string of the molecule is CC/C=C\C/C=C\C/C=C\C/C=C\C/C=C\C/C=C\CCC(=O)OCC(COP(=O)(O)OCC(O)COP(=O)(O)OCC(O)COC(=O)CCCCCCCCC/C=C\C/C=C\C/C=C\C/C=C\CCCCC)OC(=O)CCCCCCCCCCCCC. The Hall–Kier alpha value is -4.05. The molecule has 89 heavy (non-hydrogen) atoms. The maximum atomic E-state index is 12.9. The van der Waals surface area contributed by atoms with Crippen LogP contribution in [0.15, 0.2) is 122 Å². The summed E-state index contributed by atoms with van der Waals surface area (Å²) in [5.41, 5.74) is 0. The highest BCUT2D eigenvalue weighted by molar-refractivity contribution is 7.47. The molecular weight excluding hydrogens is 1170 g/mol. The molecule has 0 heterocycles. The van der Waals surface area contributed by atoms with E-state index in [4.69, 9.17) is 32.3 Å². The Labute approximate surface area is 538 Å². The van der Waals surface area contributed by atoms with Crippen LogP contribution in [-0.4, -0.2) is 95.9 Å². The molecule has 18 heteroatoms.